The van der Waals surface area contributed by atoms with Crippen LogP contribution < -0.4 is 4.90 Å². The van der Waals surface area contributed by atoms with E-state index in [1.807, 2.05) is 47.4 Å². The maximum atomic E-state index is 14.0. The van der Waals surface area contributed by atoms with E-state index in [0.29, 0.717) is 35.6 Å². The van der Waals surface area contributed by atoms with E-state index in [0.717, 1.165) is 18.4 Å². The van der Waals surface area contributed by atoms with E-state index in [1.165, 1.54) is 13.8 Å². The predicted molar refractivity (Wildman–Crippen MR) is 132 cm³/mol. The summed E-state index contributed by atoms with van der Waals surface area (Å²) < 4.78 is 0. The van der Waals surface area contributed by atoms with Crippen molar-refractivity contribution in [2.75, 3.05) is 11.4 Å². The molecule has 3 aromatic carbocycles. The van der Waals surface area contributed by atoms with Crippen molar-refractivity contribution in [2.45, 2.75) is 40.2 Å². The van der Waals surface area contributed by atoms with Gasteiger partial charge in [-0.3, -0.25) is 14.5 Å². The van der Waals surface area contributed by atoms with Crippen molar-refractivity contribution in [3.8, 4) is 0 Å². The molecule has 3 aromatic rings. The van der Waals surface area contributed by atoms with E-state index in [9.17, 15) is 14.4 Å². The van der Waals surface area contributed by atoms with E-state index < -0.39 is 0 Å². The average Bonchev–Trinajstić information content (AvgIpc) is 2.83. The van der Waals surface area contributed by atoms with Crippen molar-refractivity contribution in [3.05, 3.63) is 95.6 Å². The van der Waals surface area contributed by atoms with Crippen molar-refractivity contribution < 1.29 is 14.4 Å². The van der Waals surface area contributed by atoms with Gasteiger partial charge >= 0.3 is 6.03 Å². The summed E-state index contributed by atoms with van der Waals surface area (Å²) in [5.74, 6) is -0.150. The van der Waals surface area contributed by atoms with Gasteiger partial charge in [0.15, 0.2) is 11.6 Å². The summed E-state index contributed by atoms with van der Waals surface area (Å²) >= 11 is 0. The molecule has 0 fully saturated rings. The molecule has 0 heterocycles. The summed E-state index contributed by atoms with van der Waals surface area (Å²) in [7, 11) is 0. The molecule has 0 radical (unpaired) electrons. The Labute approximate surface area is 195 Å². The summed E-state index contributed by atoms with van der Waals surface area (Å²) in [6.07, 6.45) is 1.82. The number of hydrogen-bond donors (Lipinski definition) is 0. The van der Waals surface area contributed by atoms with Crippen LogP contribution in [0.4, 0.5) is 16.2 Å². The van der Waals surface area contributed by atoms with E-state index in [4.69, 9.17) is 0 Å². The van der Waals surface area contributed by atoms with E-state index in [1.54, 1.807) is 41.3 Å². The van der Waals surface area contributed by atoms with Crippen molar-refractivity contribution >= 4 is 29.0 Å². The first-order chi connectivity index (χ1) is 15.9. The molecular formula is C28H30N2O3. The Bertz CT molecular complexity index is 1070. The predicted octanol–water partition coefficient (Wildman–Crippen LogP) is 6.65. The molecule has 5 nitrogen and oxygen atoms in total. The number of Topliss-reactive ketones (excluding diaryl/α,β-unsaturated/α-hetero) is 2. The number of unbranched alkanes of at least 4 members (excludes halogenated alkanes) is 1. The van der Waals surface area contributed by atoms with Crippen LogP contribution in [0, 0.1) is 0 Å². The molecule has 0 aromatic heterocycles. The van der Waals surface area contributed by atoms with Crippen LogP contribution >= 0.6 is 0 Å². The number of benzene rings is 3. The fourth-order valence-corrected chi connectivity index (χ4v) is 3.63. The molecule has 0 aliphatic carbocycles. The van der Waals surface area contributed by atoms with E-state index in [-0.39, 0.29) is 17.6 Å². The van der Waals surface area contributed by atoms with Gasteiger partial charge in [-0.15, -0.1) is 0 Å². The van der Waals surface area contributed by atoms with Crippen molar-refractivity contribution in [3.63, 3.8) is 0 Å². The number of anilines is 2. The molecule has 0 unspecified atom stereocenters. The van der Waals surface area contributed by atoms with Gasteiger partial charge in [-0.05, 0) is 50.1 Å². The Balaban J connectivity index is 2.08. The Kier molecular flexibility index (Phi) is 8.14. The van der Waals surface area contributed by atoms with Gasteiger partial charge in [0.05, 0.1) is 11.4 Å². The Morgan fingerprint density at radius 2 is 1.27 bits per heavy atom. The van der Waals surface area contributed by atoms with Crippen LogP contribution in [-0.2, 0) is 6.54 Å². The highest BCUT2D eigenvalue weighted by molar-refractivity contribution is 6.03. The summed E-state index contributed by atoms with van der Waals surface area (Å²) in [6, 6.07) is 23.8. The zero-order valence-electron chi connectivity index (χ0n) is 19.5. The molecule has 0 aliphatic rings. The molecule has 0 N–H and O–H groups in total. The highest BCUT2D eigenvalue weighted by Crippen LogP contribution is 2.29. The summed E-state index contributed by atoms with van der Waals surface area (Å²) in [4.78, 5) is 41.5. The van der Waals surface area contributed by atoms with Crippen molar-refractivity contribution in [2.24, 2.45) is 0 Å². The average molecular weight is 443 g/mol. The van der Waals surface area contributed by atoms with Gasteiger partial charge in [-0.25, -0.2) is 4.79 Å². The first kappa shape index (κ1) is 23.9. The summed E-state index contributed by atoms with van der Waals surface area (Å²) in [5.41, 5.74) is 3.26. The molecule has 3 rings (SSSR count). The smallest absolute Gasteiger partial charge is 0.320 e. The topological polar surface area (TPSA) is 57.7 Å². The van der Waals surface area contributed by atoms with E-state index >= 15 is 0 Å². The number of nitrogens with zero attached hydrogens (tertiary/aromatic N) is 2. The highest BCUT2D eigenvalue weighted by Gasteiger charge is 2.25. The maximum absolute atomic E-state index is 14.0. The van der Waals surface area contributed by atoms with Crippen molar-refractivity contribution in [1.82, 2.24) is 4.90 Å². The first-order valence-corrected chi connectivity index (χ1v) is 11.3. The summed E-state index contributed by atoms with van der Waals surface area (Å²) in [5, 5.41) is 0. The van der Waals surface area contributed by atoms with Crippen LogP contribution in [0.2, 0.25) is 0 Å². The molecule has 0 aliphatic heterocycles. The monoisotopic (exact) mass is 442 g/mol. The Hall–Kier alpha value is -3.73. The van der Waals surface area contributed by atoms with Gasteiger partial charge < -0.3 is 4.90 Å². The molecule has 33 heavy (non-hydrogen) atoms. The molecule has 5 heteroatoms. The number of rotatable bonds is 9. The van der Waals surface area contributed by atoms with Crippen LogP contribution in [0.1, 0.15) is 59.9 Å². The third-order valence-electron chi connectivity index (χ3n) is 5.48. The standard InChI is InChI=1S/C28H30N2O3/c1-4-5-17-29(20-23-11-7-6-8-12-23)28(33)30(26-15-9-13-24(18-26)21(2)31)27-16-10-14-25(19-27)22(3)32/h6-16,18-19H,4-5,17,20H2,1-3H3. The lowest BCUT2D eigenvalue weighted by Gasteiger charge is -2.31. The molecule has 2 amide bonds. The molecule has 0 bridgehead atoms. The van der Waals surface area contributed by atoms with Gasteiger partial charge in [0.2, 0.25) is 0 Å². The Morgan fingerprint density at radius 1 is 0.727 bits per heavy atom. The third kappa shape index (κ3) is 6.16. The number of ketones is 2. The fraction of sp³-hybridized carbons (Fsp3) is 0.250. The van der Waals surface area contributed by atoms with Crippen molar-refractivity contribution in [1.29, 1.82) is 0 Å². The zero-order valence-corrected chi connectivity index (χ0v) is 19.5. The minimum atomic E-state index is -0.200. The second kappa shape index (κ2) is 11.2. The lowest BCUT2D eigenvalue weighted by Crippen LogP contribution is -2.41. The lowest BCUT2D eigenvalue weighted by atomic mass is 10.1. The third-order valence-corrected chi connectivity index (χ3v) is 5.48. The van der Waals surface area contributed by atoms with Crippen LogP contribution in [0.5, 0.6) is 0 Å². The van der Waals surface area contributed by atoms with Gasteiger partial charge in [-0.1, -0.05) is 67.9 Å². The molecule has 0 spiro atoms. The summed E-state index contributed by atoms with van der Waals surface area (Å²) in [6.45, 7) is 6.17. The molecule has 170 valence electrons. The van der Waals surface area contributed by atoms with Crippen LogP contribution in [0.15, 0.2) is 78.9 Å². The Morgan fingerprint density at radius 3 is 1.76 bits per heavy atom. The first-order valence-electron chi connectivity index (χ1n) is 11.3. The van der Waals surface area contributed by atoms with Crippen LogP contribution in [0.25, 0.3) is 0 Å². The largest absolute Gasteiger partial charge is 0.329 e. The number of carbonyl (C=O) groups is 3. The number of urea groups is 1. The lowest BCUT2D eigenvalue weighted by molar-refractivity contribution is 0.100. The highest BCUT2D eigenvalue weighted by atomic mass is 16.2. The second-order valence-electron chi connectivity index (χ2n) is 8.09. The molecule has 0 saturated carbocycles. The number of carbonyl (C=O) groups excluding carboxylic acids is 3. The minimum absolute atomic E-state index is 0.0751. The SMILES string of the molecule is CCCCN(Cc1ccccc1)C(=O)N(c1cccc(C(C)=O)c1)c1cccc(C(C)=O)c1. The van der Waals surface area contributed by atoms with Crippen LogP contribution in [-0.4, -0.2) is 29.0 Å². The van der Waals surface area contributed by atoms with Gasteiger partial charge in [0.25, 0.3) is 0 Å². The van der Waals surface area contributed by atoms with E-state index in [2.05, 4.69) is 6.92 Å². The minimum Gasteiger partial charge on any atom is -0.320 e. The second-order valence-corrected chi connectivity index (χ2v) is 8.09. The normalized spacial score (nSPS) is 10.5. The number of hydrogen-bond acceptors (Lipinski definition) is 3. The molecule has 0 atom stereocenters. The quantitative estimate of drug-likeness (QED) is 0.349. The molecule has 0 saturated heterocycles. The maximum Gasteiger partial charge on any atom is 0.329 e. The zero-order chi connectivity index (χ0) is 23.8. The fourth-order valence-electron chi connectivity index (χ4n) is 3.63. The number of amides is 2. The van der Waals surface area contributed by atoms with Gasteiger partial charge in [0.1, 0.15) is 0 Å². The molecular weight excluding hydrogens is 412 g/mol. The van der Waals surface area contributed by atoms with Gasteiger partial charge in [0, 0.05) is 24.2 Å². The van der Waals surface area contributed by atoms with Gasteiger partial charge in [-0.2, -0.15) is 0 Å². The van der Waals surface area contributed by atoms with Crippen LogP contribution in [0.3, 0.4) is 0 Å².